The van der Waals surface area contributed by atoms with Crippen molar-refractivity contribution in [2.24, 2.45) is 5.92 Å². The third-order valence-electron chi connectivity index (χ3n) is 4.71. The zero-order chi connectivity index (χ0) is 17.3. The highest BCUT2D eigenvalue weighted by Gasteiger charge is 2.29. The number of rotatable bonds is 5. The number of thiazole rings is 1. The predicted octanol–water partition coefficient (Wildman–Crippen LogP) is 4.76. The molecule has 25 heavy (non-hydrogen) atoms. The summed E-state index contributed by atoms with van der Waals surface area (Å²) < 4.78 is 1.08. The summed E-state index contributed by atoms with van der Waals surface area (Å²) in [5.74, 6) is 0.390. The number of nitrogens with zero attached hydrogens (tertiary/aromatic N) is 3. The molecule has 0 unspecified atom stereocenters. The van der Waals surface area contributed by atoms with Crippen molar-refractivity contribution in [1.29, 1.82) is 0 Å². The summed E-state index contributed by atoms with van der Waals surface area (Å²) in [6.45, 7) is 3.49. The first-order valence-electron chi connectivity index (χ1n) is 8.49. The highest BCUT2D eigenvalue weighted by Crippen LogP contribution is 2.35. The van der Waals surface area contributed by atoms with Crippen molar-refractivity contribution in [2.45, 2.75) is 32.6 Å². The Hall–Kier alpha value is -0.880. The molecule has 1 heterocycles. The maximum Gasteiger partial charge on any atom is 0.231 e. The molecule has 138 valence electrons. The van der Waals surface area contributed by atoms with Crippen LogP contribution in [0, 0.1) is 12.8 Å². The molecule has 1 saturated carbocycles. The van der Waals surface area contributed by atoms with Crippen LogP contribution in [0.15, 0.2) is 12.1 Å². The molecular formula is C18H25Cl2N3OS. The normalized spacial score (nSPS) is 14.9. The van der Waals surface area contributed by atoms with Crippen LogP contribution in [0.2, 0.25) is 5.02 Å². The Morgan fingerprint density at radius 3 is 2.60 bits per heavy atom. The van der Waals surface area contributed by atoms with Gasteiger partial charge in [-0.3, -0.25) is 9.69 Å². The first-order chi connectivity index (χ1) is 11.5. The van der Waals surface area contributed by atoms with E-state index >= 15 is 0 Å². The van der Waals surface area contributed by atoms with E-state index in [4.69, 9.17) is 16.6 Å². The number of benzene rings is 1. The second-order valence-electron chi connectivity index (χ2n) is 6.79. The van der Waals surface area contributed by atoms with Gasteiger partial charge in [0.25, 0.3) is 0 Å². The number of hydrogen-bond donors (Lipinski definition) is 0. The number of halogens is 2. The van der Waals surface area contributed by atoms with E-state index in [0.717, 1.165) is 58.2 Å². The molecule has 1 fully saturated rings. The van der Waals surface area contributed by atoms with Crippen LogP contribution in [0.3, 0.4) is 0 Å². The van der Waals surface area contributed by atoms with Gasteiger partial charge in [0, 0.05) is 24.0 Å². The fourth-order valence-electron chi connectivity index (χ4n) is 3.20. The highest BCUT2D eigenvalue weighted by atomic mass is 35.5. The van der Waals surface area contributed by atoms with Gasteiger partial charge in [0.15, 0.2) is 5.13 Å². The molecule has 1 aromatic heterocycles. The lowest BCUT2D eigenvalue weighted by atomic mass is 10.1. The van der Waals surface area contributed by atoms with E-state index in [2.05, 4.69) is 4.90 Å². The molecule has 4 nitrogen and oxygen atoms in total. The first-order valence-corrected chi connectivity index (χ1v) is 9.68. The minimum Gasteiger partial charge on any atom is -0.308 e. The molecule has 2 aromatic rings. The summed E-state index contributed by atoms with van der Waals surface area (Å²) in [6.07, 6.45) is 4.33. The maximum absolute atomic E-state index is 13.0. The van der Waals surface area contributed by atoms with Crippen LogP contribution >= 0.6 is 35.3 Å². The van der Waals surface area contributed by atoms with E-state index in [-0.39, 0.29) is 24.2 Å². The lowest BCUT2D eigenvalue weighted by Gasteiger charge is -2.24. The van der Waals surface area contributed by atoms with E-state index in [1.54, 1.807) is 11.3 Å². The molecule has 1 amide bonds. The van der Waals surface area contributed by atoms with Crippen LogP contribution in [0.25, 0.3) is 10.2 Å². The van der Waals surface area contributed by atoms with Crippen molar-refractivity contribution in [3.63, 3.8) is 0 Å². The molecule has 1 aliphatic carbocycles. The summed E-state index contributed by atoms with van der Waals surface area (Å²) in [5.41, 5.74) is 1.90. The quantitative estimate of drug-likeness (QED) is 0.723. The van der Waals surface area contributed by atoms with Crippen molar-refractivity contribution in [3.05, 3.63) is 22.7 Å². The van der Waals surface area contributed by atoms with Gasteiger partial charge in [0.2, 0.25) is 5.91 Å². The maximum atomic E-state index is 13.0. The minimum absolute atomic E-state index is 0. The van der Waals surface area contributed by atoms with Crippen molar-refractivity contribution in [3.8, 4) is 0 Å². The van der Waals surface area contributed by atoms with Crippen molar-refractivity contribution in [1.82, 2.24) is 9.88 Å². The van der Waals surface area contributed by atoms with E-state index in [9.17, 15) is 4.79 Å². The molecule has 0 aliphatic heterocycles. The van der Waals surface area contributed by atoms with E-state index in [0.29, 0.717) is 6.54 Å². The zero-order valence-corrected chi connectivity index (χ0v) is 17.3. The number of amides is 1. The highest BCUT2D eigenvalue weighted by molar-refractivity contribution is 7.22. The predicted molar refractivity (Wildman–Crippen MR) is 109 cm³/mol. The molecule has 3 rings (SSSR count). The molecule has 1 aliphatic rings. The lowest BCUT2D eigenvalue weighted by Crippen LogP contribution is -2.39. The van der Waals surface area contributed by atoms with E-state index in [1.165, 1.54) is 0 Å². The standard InChI is InChI=1S/C18H24ClN3OS.ClH/c1-12-14(19)8-9-15-16(12)20-18(24-15)22(11-10-21(2)3)17(23)13-6-4-5-7-13;/h8-9,13H,4-7,10-11H2,1-3H3;1H. The Labute approximate surface area is 164 Å². The van der Waals surface area contributed by atoms with Crippen LogP contribution in [0.4, 0.5) is 5.13 Å². The van der Waals surface area contributed by atoms with Crippen LogP contribution in [0.5, 0.6) is 0 Å². The van der Waals surface area contributed by atoms with Crippen LogP contribution in [-0.4, -0.2) is 43.0 Å². The third kappa shape index (κ3) is 4.45. The van der Waals surface area contributed by atoms with Crippen LogP contribution in [-0.2, 0) is 4.79 Å². The minimum atomic E-state index is 0. The third-order valence-corrected chi connectivity index (χ3v) is 6.16. The van der Waals surface area contributed by atoms with Gasteiger partial charge >= 0.3 is 0 Å². The number of carbonyl (C=O) groups excluding carboxylic acids is 1. The number of hydrogen-bond acceptors (Lipinski definition) is 4. The Balaban J connectivity index is 0.00000225. The molecule has 0 N–H and O–H groups in total. The SMILES string of the molecule is Cc1c(Cl)ccc2sc(N(CCN(C)C)C(=O)C3CCCC3)nc12.Cl. The van der Waals surface area contributed by atoms with Gasteiger partial charge in [-0.05, 0) is 51.6 Å². The summed E-state index contributed by atoms with van der Waals surface area (Å²) in [6, 6.07) is 3.90. The topological polar surface area (TPSA) is 36.4 Å². The fraction of sp³-hybridized carbons (Fsp3) is 0.556. The lowest BCUT2D eigenvalue weighted by molar-refractivity contribution is -0.122. The van der Waals surface area contributed by atoms with E-state index in [1.807, 2.05) is 38.1 Å². The average molecular weight is 402 g/mol. The zero-order valence-electron chi connectivity index (χ0n) is 14.9. The molecule has 0 saturated heterocycles. The van der Waals surface area contributed by atoms with Gasteiger partial charge in [0.1, 0.15) is 0 Å². The molecule has 1 aromatic carbocycles. The number of fused-ring (bicyclic) bond motifs is 1. The van der Waals surface area contributed by atoms with Crippen molar-refractivity contribution >= 4 is 56.6 Å². The van der Waals surface area contributed by atoms with E-state index < -0.39 is 0 Å². The summed E-state index contributed by atoms with van der Waals surface area (Å²) in [5, 5.41) is 1.52. The van der Waals surface area contributed by atoms with Gasteiger partial charge in [-0.25, -0.2) is 4.98 Å². The van der Waals surface area contributed by atoms with Gasteiger partial charge in [0.05, 0.1) is 10.2 Å². The number of aryl methyl sites for hydroxylation is 1. The summed E-state index contributed by atoms with van der Waals surface area (Å²) >= 11 is 7.81. The van der Waals surface area contributed by atoms with Gasteiger partial charge in [-0.15, -0.1) is 12.4 Å². The summed E-state index contributed by atoms with van der Waals surface area (Å²) in [4.78, 5) is 21.8. The summed E-state index contributed by atoms with van der Waals surface area (Å²) in [7, 11) is 4.06. The monoisotopic (exact) mass is 401 g/mol. The molecule has 7 heteroatoms. The average Bonchev–Trinajstić information content (AvgIpc) is 3.20. The Kier molecular flexibility index (Phi) is 7.09. The Bertz CT molecular complexity index is 741. The Morgan fingerprint density at radius 2 is 1.96 bits per heavy atom. The molecule has 0 radical (unpaired) electrons. The van der Waals surface area contributed by atoms with Crippen molar-refractivity contribution in [2.75, 3.05) is 32.1 Å². The number of anilines is 1. The molecular weight excluding hydrogens is 377 g/mol. The van der Waals surface area contributed by atoms with Gasteiger partial charge in [-0.2, -0.15) is 0 Å². The smallest absolute Gasteiger partial charge is 0.231 e. The molecule has 0 spiro atoms. The van der Waals surface area contributed by atoms with Gasteiger partial charge in [-0.1, -0.05) is 35.8 Å². The Morgan fingerprint density at radius 1 is 1.28 bits per heavy atom. The van der Waals surface area contributed by atoms with Crippen molar-refractivity contribution < 1.29 is 4.79 Å². The fourth-order valence-corrected chi connectivity index (χ4v) is 4.41. The number of carbonyl (C=O) groups is 1. The second-order valence-corrected chi connectivity index (χ2v) is 8.21. The molecule has 0 atom stereocenters. The van der Waals surface area contributed by atoms with Crippen LogP contribution < -0.4 is 4.90 Å². The second kappa shape index (κ2) is 8.67. The number of likely N-dealkylation sites (N-methyl/N-ethyl adjacent to an activating group) is 1. The van der Waals surface area contributed by atoms with Crippen LogP contribution in [0.1, 0.15) is 31.2 Å². The number of aromatic nitrogens is 1. The largest absolute Gasteiger partial charge is 0.308 e. The first kappa shape index (κ1) is 20.4. The van der Waals surface area contributed by atoms with Gasteiger partial charge < -0.3 is 4.90 Å². The molecule has 0 bridgehead atoms.